The molecule has 1 aliphatic rings. The number of methoxy groups -OCH3 is 1. The van der Waals surface area contributed by atoms with Gasteiger partial charge in [-0.2, -0.15) is 18.4 Å². The summed E-state index contributed by atoms with van der Waals surface area (Å²) >= 11 is 1.02. The first-order chi connectivity index (χ1) is 13.8. The molecule has 0 unspecified atom stereocenters. The van der Waals surface area contributed by atoms with Gasteiger partial charge in [0, 0.05) is 11.3 Å². The number of fused-ring (bicyclic) bond motifs is 1. The van der Waals surface area contributed by atoms with Crippen molar-refractivity contribution >= 4 is 28.2 Å². The molecule has 2 rings (SSSR count). The molecule has 1 amide bonds. The quantitative estimate of drug-likeness (QED) is 0.525. The molecule has 2 N–H and O–H groups in total. The van der Waals surface area contributed by atoms with Crippen LogP contribution < -0.4 is 10.6 Å². The number of carbonyl (C=O) groups is 2. The van der Waals surface area contributed by atoms with E-state index in [0.29, 0.717) is 24.3 Å². The van der Waals surface area contributed by atoms with Gasteiger partial charge in [-0.1, -0.05) is 27.7 Å². The minimum absolute atomic E-state index is 0.0128. The number of rotatable bonds is 5. The number of hydrogen-bond donors (Lipinski definition) is 2. The first-order valence-corrected chi connectivity index (χ1v) is 10.4. The van der Waals surface area contributed by atoms with Gasteiger partial charge in [0.2, 0.25) is 5.91 Å². The maximum atomic E-state index is 14.1. The number of anilines is 1. The van der Waals surface area contributed by atoms with Crippen LogP contribution in [0.25, 0.3) is 0 Å². The van der Waals surface area contributed by atoms with Crippen molar-refractivity contribution in [3.63, 3.8) is 0 Å². The van der Waals surface area contributed by atoms with Crippen molar-refractivity contribution in [2.24, 2.45) is 11.3 Å². The van der Waals surface area contributed by atoms with Crippen LogP contribution in [-0.4, -0.2) is 30.8 Å². The molecule has 0 saturated carbocycles. The van der Waals surface area contributed by atoms with Crippen molar-refractivity contribution < 1.29 is 27.5 Å². The van der Waals surface area contributed by atoms with Gasteiger partial charge in [0.05, 0.1) is 12.7 Å². The van der Waals surface area contributed by atoms with Crippen LogP contribution in [0.4, 0.5) is 18.2 Å². The summed E-state index contributed by atoms with van der Waals surface area (Å²) in [5.74, 6) is -2.38. The second-order valence-electron chi connectivity index (χ2n) is 8.39. The number of amides is 1. The van der Waals surface area contributed by atoms with E-state index in [1.807, 2.05) is 6.07 Å². The Morgan fingerprint density at radius 1 is 1.30 bits per heavy atom. The zero-order valence-corrected chi connectivity index (χ0v) is 18.4. The zero-order valence-electron chi connectivity index (χ0n) is 17.6. The predicted molar refractivity (Wildman–Crippen MR) is 107 cm³/mol. The van der Waals surface area contributed by atoms with Crippen molar-refractivity contribution in [2.45, 2.75) is 65.2 Å². The lowest BCUT2D eigenvalue weighted by Crippen LogP contribution is -2.69. The lowest BCUT2D eigenvalue weighted by atomic mass is 9.72. The Hall–Kier alpha value is -2.28. The third kappa shape index (κ3) is 4.41. The van der Waals surface area contributed by atoms with Crippen molar-refractivity contribution in [1.29, 1.82) is 5.26 Å². The summed E-state index contributed by atoms with van der Waals surface area (Å²) in [4.78, 5) is 25.0. The molecule has 1 aliphatic carbocycles. The minimum atomic E-state index is -5.21. The highest BCUT2D eigenvalue weighted by Crippen LogP contribution is 2.45. The van der Waals surface area contributed by atoms with E-state index >= 15 is 0 Å². The molecule has 10 heteroatoms. The molecule has 1 heterocycles. The highest BCUT2D eigenvalue weighted by atomic mass is 32.1. The van der Waals surface area contributed by atoms with E-state index in [1.54, 1.807) is 5.32 Å². The average Bonchev–Trinajstić information content (AvgIpc) is 3.00. The predicted octanol–water partition coefficient (Wildman–Crippen LogP) is 4.14. The number of nitrogens with zero attached hydrogens (tertiary/aromatic N) is 1. The molecule has 0 spiro atoms. The van der Waals surface area contributed by atoms with Gasteiger partial charge in [-0.05, 0) is 36.2 Å². The molecule has 0 radical (unpaired) electrons. The van der Waals surface area contributed by atoms with Gasteiger partial charge in [-0.25, -0.2) is 4.79 Å². The second-order valence-corrected chi connectivity index (χ2v) is 9.50. The van der Waals surface area contributed by atoms with Crippen LogP contribution in [0.1, 0.15) is 56.5 Å². The van der Waals surface area contributed by atoms with E-state index in [9.17, 15) is 28.0 Å². The van der Waals surface area contributed by atoms with Crippen molar-refractivity contribution in [1.82, 2.24) is 5.32 Å². The third-order valence-corrected chi connectivity index (χ3v) is 6.64. The van der Waals surface area contributed by atoms with Crippen LogP contribution in [0.2, 0.25) is 0 Å². The molecule has 0 fully saturated rings. The number of hydrogen-bond acceptors (Lipinski definition) is 6. The molecule has 0 saturated heterocycles. The standard InChI is InChI=1S/C20H26F3N3O3S/c1-6-15(27)25-19(17(28)29-5,20(21,22)23)26-16-13(10-24)12-8-7-11(18(2,3)4)9-14(12)30-16/h11,26H,6-9H2,1-5H3,(H,25,27)/t11-,19+/m0/s1. The van der Waals surface area contributed by atoms with E-state index < -0.39 is 23.7 Å². The van der Waals surface area contributed by atoms with E-state index in [4.69, 9.17) is 0 Å². The van der Waals surface area contributed by atoms with Crippen molar-refractivity contribution in [3.05, 3.63) is 16.0 Å². The lowest BCUT2D eigenvalue weighted by Gasteiger charge is -2.34. The maximum absolute atomic E-state index is 14.1. The number of esters is 1. The second kappa shape index (κ2) is 8.46. The number of thiophene rings is 1. The maximum Gasteiger partial charge on any atom is 0.441 e. The smallest absolute Gasteiger partial charge is 0.441 e. The van der Waals surface area contributed by atoms with Gasteiger partial charge in [-0.3, -0.25) is 4.79 Å². The fraction of sp³-hybridized carbons (Fsp3) is 0.650. The van der Waals surface area contributed by atoms with Gasteiger partial charge >= 0.3 is 17.8 Å². The number of alkyl halides is 3. The molecular weight excluding hydrogens is 419 g/mol. The summed E-state index contributed by atoms with van der Waals surface area (Å²) in [5, 5.41) is 13.4. The number of ether oxygens (including phenoxy) is 1. The van der Waals surface area contributed by atoms with Gasteiger partial charge in [0.1, 0.15) is 11.1 Å². The van der Waals surface area contributed by atoms with E-state index in [1.165, 1.54) is 6.92 Å². The Labute approximate surface area is 177 Å². The topological polar surface area (TPSA) is 91.2 Å². The molecule has 0 aliphatic heterocycles. The van der Waals surface area contributed by atoms with Crippen molar-refractivity contribution in [3.8, 4) is 6.07 Å². The molecule has 30 heavy (non-hydrogen) atoms. The molecule has 0 bridgehead atoms. The fourth-order valence-corrected chi connectivity index (χ4v) is 4.88. The Balaban J connectivity index is 2.56. The number of halogens is 3. The Bertz CT molecular complexity index is 868. The lowest BCUT2D eigenvalue weighted by molar-refractivity contribution is -0.206. The van der Waals surface area contributed by atoms with Crippen LogP contribution >= 0.6 is 11.3 Å². The summed E-state index contributed by atoms with van der Waals surface area (Å²) < 4.78 is 46.6. The largest absolute Gasteiger partial charge is 0.466 e. The van der Waals surface area contributed by atoms with Crippen LogP contribution in [0.5, 0.6) is 0 Å². The zero-order chi connectivity index (χ0) is 22.9. The van der Waals surface area contributed by atoms with Gasteiger partial charge in [-0.15, -0.1) is 11.3 Å². The molecule has 2 atom stereocenters. The summed E-state index contributed by atoms with van der Waals surface area (Å²) in [5.41, 5.74) is -2.70. The number of nitriles is 1. The van der Waals surface area contributed by atoms with E-state index in [0.717, 1.165) is 29.7 Å². The fourth-order valence-electron chi connectivity index (χ4n) is 3.54. The molecular formula is C20H26F3N3O3S. The summed E-state index contributed by atoms with van der Waals surface area (Å²) in [7, 11) is 0.807. The van der Waals surface area contributed by atoms with E-state index in [2.05, 4.69) is 30.8 Å². The molecule has 1 aromatic heterocycles. The van der Waals surface area contributed by atoms with Crippen LogP contribution in [0.3, 0.4) is 0 Å². The minimum Gasteiger partial charge on any atom is -0.466 e. The highest BCUT2D eigenvalue weighted by molar-refractivity contribution is 7.16. The monoisotopic (exact) mass is 445 g/mol. The third-order valence-electron chi connectivity index (χ3n) is 5.47. The van der Waals surface area contributed by atoms with E-state index in [-0.39, 0.29) is 22.4 Å². The highest BCUT2D eigenvalue weighted by Gasteiger charge is 2.63. The summed E-state index contributed by atoms with van der Waals surface area (Å²) in [6, 6.07) is 1.97. The number of nitrogens with one attached hydrogen (secondary N) is 2. The Morgan fingerprint density at radius 2 is 1.93 bits per heavy atom. The number of carbonyl (C=O) groups excluding carboxylic acids is 2. The average molecular weight is 446 g/mol. The molecule has 1 aromatic rings. The van der Waals surface area contributed by atoms with Crippen LogP contribution in [-0.2, 0) is 27.2 Å². The van der Waals surface area contributed by atoms with Gasteiger partial charge in [0.25, 0.3) is 0 Å². The van der Waals surface area contributed by atoms with Crippen LogP contribution in [0.15, 0.2) is 0 Å². The summed E-state index contributed by atoms with van der Waals surface area (Å²) in [6.07, 6.45) is -3.46. The van der Waals surface area contributed by atoms with Crippen molar-refractivity contribution in [2.75, 3.05) is 12.4 Å². The Kier molecular flexibility index (Phi) is 6.76. The van der Waals surface area contributed by atoms with Gasteiger partial charge < -0.3 is 15.4 Å². The Morgan fingerprint density at radius 3 is 2.40 bits per heavy atom. The molecule has 166 valence electrons. The first kappa shape index (κ1) is 24.0. The van der Waals surface area contributed by atoms with Crippen LogP contribution in [0, 0.1) is 22.7 Å². The molecule has 6 nitrogen and oxygen atoms in total. The summed E-state index contributed by atoms with van der Waals surface area (Å²) in [6.45, 7) is 7.68. The SMILES string of the molecule is CCC(=O)N[C@@](Nc1sc2c(c1C#N)CC[C@H](C(C)(C)C)C2)(C(=O)OC)C(F)(F)F. The first-order valence-electron chi connectivity index (χ1n) is 9.59. The molecule has 0 aromatic carbocycles. The normalized spacial score (nSPS) is 18.6. The van der Waals surface area contributed by atoms with Gasteiger partial charge in [0.15, 0.2) is 0 Å².